The van der Waals surface area contributed by atoms with Crippen LogP contribution in [0, 0.1) is 17.0 Å². The standard InChI is InChI=1S/C17H19NO4.C15H14N2O7/c1-10-4-6-13(7-5-10)15-14(12(3)20)16(21)17(22)18(15)9-8-11(2)19;1-8(18)12-13(9-3-2-4-10(7-9)17(23)24)16(6-5-11(19)20)15(22)14(12)21/h4-7,15,21H,8-9H2,1-3H3;2-4,7,13,21H,5-6H2,1H3,(H,19,20)/t15-;13-/m11/s1. The molecule has 4 rings (SSSR count). The van der Waals surface area contributed by atoms with Crippen molar-refractivity contribution >= 4 is 40.8 Å². The Kier molecular flexibility index (Phi) is 10.9. The number of aliphatic carboxylic acids is 1. The van der Waals surface area contributed by atoms with Crippen molar-refractivity contribution in [3.63, 3.8) is 0 Å². The van der Waals surface area contributed by atoms with Gasteiger partial charge in [-0.3, -0.25) is 38.9 Å². The third-order valence-corrected chi connectivity index (χ3v) is 7.43. The van der Waals surface area contributed by atoms with Gasteiger partial charge >= 0.3 is 5.97 Å². The number of hydrogen-bond acceptors (Lipinski definition) is 10. The number of carbonyl (C=O) groups excluding carboxylic acids is 5. The van der Waals surface area contributed by atoms with E-state index in [0.29, 0.717) is 0 Å². The van der Waals surface area contributed by atoms with Crippen molar-refractivity contribution in [2.45, 2.75) is 52.6 Å². The maximum Gasteiger partial charge on any atom is 0.305 e. The molecule has 2 heterocycles. The van der Waals surface area contributed by atoms with Gasteiger partial charge in [0.15, 0.2) is 23.1 Å². The Balaban J connectivity index is 0.000000251. The minimum Gasteiger partial charge on any atom is -0.503 e. The first-order valence-electron chi connectivity index (χ1n) is 14.1. The second-order valence-electron chi connectivity index (χ2n) is 10.8. The average Bonchev–Trinajstić information content (AvgIpc) is 3.40. The highest BCUT2D eigenvalue weighted by atomic mass is 16.6. The lowest BCUT2D eigenvalue weighted by molar-refractivity contribution is -0.384. The zero-order chi connectivity index (χ0) is 34.5. The predicted octanol–water partition coefficient (Wildman–Crippen LogP) is 3.61. The summed E-state index contributed by atoms with van der Waals surface area (Å²) in [5.41, 5.74) is 1.70. The number of nitro benzene ring substituents is 1. The number of Topliss-reactive ketones (excluding diaryl/α,β-unsaturated/α-hetero) is 3. The number of aryl methyl sites for hydroxylation is 1. The van der Waals surface area contributed by atoms with E-state index in [0.717, 1.165) is 23.0 Å². The minimum atomic E-state index is -1.16. The van der Waals surface area contributed by atoms with Gasteiger partial charge in [0.05, 0.1) is 34.6 Å². The van der Waals surface area contributed by atoms with E-state index in [1.165, 1.54) is 43.0 Å². The Bertz CT molecular complexity index is 1670. The number of nitrogens with zero attached hydrogens (tertiary/aromatic N) is 3. The lowest BCUT2D eigenvalue weighted by Gasteiger charge is -2.26. The van der Waals surface area contributed by atoms with Crippen LogP contribution in [0.3, 0.4) is 0 Å². The molecule has 2 aromatic carbocycles. The zero-order valence-corrected chi connectivity index (χ0v) is 25.6. The van der Waals surface area contributed by atoms with E-state index in [9.17, 15) is 49.1 Å². The van der Waals surface area contributed by atoms with Crippen molar-refractivity contribution in [3.05, 3.63) is 98.0 Å². The molecule has 2 atom stereocenters. The van der Waals surface area contributed by atoms with Gasteiger partial charge < -0.3 is 25.1 Å². The fraction of sp³-hybridized carbons (Fsp3) is 0.312. The minimum absolute atomic E-state index is 0.0498. The first-order chi connectivity index (χ1) is 21.6. The van der Waals surface area contributed by atoms with E-state index in [1.807, 2.05) is 31.2 Å². The highest BCUT2D eigenvalue weighted by Gasteiger charge is 2.43. The number of aliphatic hydroxyl groups is 2. The Morgan fingerprint density at radius 2 is 1.26 bits per heavy atom. The third kappa shape index (κ3) is 7.52. The Hall–Kier alpha value is -5.66. The van der Waals surface area contributed by atoms with Crippen molar-refractivity contribution < 1.29 is 49.0 Å². The zero-order valence-electron chi connectivity index (χ0n) is 25.6. The molecule has 0 unspecified atom stereocenters. The molecule has 0 saturated heterocycles. The van der Waals surface area contributed by atoms with Crippen molar-refractivity contribution in [1.29, 1.82) is 0 Å². The molecule has 0 spiro atoms. The number of carboxylic acids is 1. The van der Waals surface area contributed by atoms with Gasteiger partial charge in [0.1, 0.15) is 5.78 Å². The van der Waals surface area contributed by atoms with Crippen LogP contribution < -0.4 is 0 Å². The normalized spacial score (nSPS) is 17.7. The van der Waals surface area contributed by atoms with Gasteiger partial charge in [-0.05, 0) is 38.8 Å². The van der Waals surface area contributed by atoms with E-state index < -0.39 is 58.5 Å². The summed E-state index contributed by atoms with van der Waals surface area (Å²) in [6.07, 6.45) is -0.206. The van der Waals surface area contributed by atoms with Gasteiger partial charge in [-0.1, -0.05) is 42.0 Å². The van der Waals surface area contributed by atoms with Crippen LogP contribution in [0.5, 0.6) is 0 Å². The summed E-state index contributed by atoms with van der Waals surface area (Å²) >= 11 is 0. The molecule has 2 aliphatic heterocycles. The maximum atomic E-state index is 12.2. The van der Waals surface area contributed by atoms with Crippen molar-refractivity contribution in [2.24, 2.45) is 0 Å². The number of benzene rings is 2. The van der Waals surface area contributed by atoms with Crippen LogP contribution in [0.1, 0.15) is 62.4 Å². The number of nitro groups is 1. The van der Waals surface area contributed by atoms with Crippen molar-refractivity contribution in [1.82, 2.24) is 9.80 Å². The van der Waals surface area contributed by atoms with Crippen LogP contribution in [0.2, 0.25) is 0 Å². The summed E-state index contributed by atoms with van der Waals surface area (Å²) in [6.45, 7) is 5.80. The fourth-order valence-electron chi connectivity index (χ4n) is 5.23. The molecule has 0 bridgehead atoms. The van der Waals surface area contributed by atoms with Gasteiger partial charge in [0, 0.05) is 31.6 Å². The molecule has 2 aliphatic rings. The van der Waals surface area contributed by atoms with Gasteiger partial charge in [-0.15, -0.1) is 0 Å². The molecule has 242 valence electrons. The molecule has 0 saturated carbocycles. The molecule has 0 aliphatic carbocycles. The second kappa shape index (κ2) is 14.4. The van der Waals surface area contributed by atoms with Crippen LogP contribution in [0.25, 0.3) is 0 Å². The maximum absolute atomic E-state index is 12.2. The Labute approximate surface area is 263 Å². The summed E-state index contributed by atoms with van der Waals surface area (Å²) in [5, 5.41) is 39.7. The molecule has 2 amide bonds. The number of rotatable bonds is 11. The summed E-state index contributed by atoms with van der Waals surface area (Å²) in [7, 11) is 0. The Morgan fingerprint density at radius 3 is 1.70 bits per heavy atom. The lowest BCUT2D eigenvalue weighted by Crippen LogP contribution is -2.33. The molecule has 14 nitrogen and oxygen atoms in total. The number of aliphatic hydroxyl groups excluding tert-OH is 2. The number of amides is 2. The van der Waals surface area contributed by atoms with Crippen LogP contribution in [0.15, 0.2) is 71.2 Å². The number of ketones is 3. The van der Waals surface area contributed by atoms with Crippen LogP contribution in [0.4, 0.5) is 5.69 Å². The number of carbonyl (C=O) groups is 6. The van der Waals surface area contributed by atoms with Crippen LogP contribution in [-0.4, -0.2) is 78.3 Å². The molecule has 46 heavy (non-hydrogen) atoms. The summed E-state index contributed by atoms with van der Waals surface area (Å²) < 4.78 is 0. The molecule has 0 aromatic heterocycles. The molecule has 0 radical (unpaired) electrons. The molecule has 3 N–H and O–H groups in total. The lowest BCUT2D eigenvalue weighted by atomic mass is 9.96. The topological polar surface area (TPSA) is 213 Å². The van der Waals surface area contributed by atoms with E-state index in [1.54, 1.807) is 0 Å². The number of hydrogen-bond donors (Lipinski definition) is 3. The average molecular weight is 636 g/mol. The monoisotopic (exact) mass is 635 g/mol. The van der Waals surface area contributed by atoms with Crippen LogP contribution >= 0.6 is 0 Å². The van der Waals surface area contributed by atoms with Gasteiger partial charge in [0.25, 0.3) is 17.5 Å². The summed E-state index contributed by atoms with van der Waals surface area (Å²) in [5.74, 6) is -4.87. The summed E-state index contributed by atoms with van der Waals surface area (Å²) in [4.78, 5) is 82.8. The molecular formula is C32H33N3O11. The van der Waals surface area contributed by atoms with Crippen molar-refractivity contribution in [2.75, 3.05) is 13.1 Å². The molecular weight excluding hydrogens is 602 g/mol. The van der Waals surface area contributed by atoms with E-state index in [2.05, 4.69) is 0 Å². The van der Waals surface area contributed by atoms with Crippen LogP contribution in [-0.2, 0) is 28.8 Å². The van der Waals surface area contributed by atoms with Gasteiger partial charge in [-0.25, -0.2) is 0 Å². The van der Waals surface area contributed by atoms with Gasteiger partial charge in [0.2, 0.25) is 0 Å². The fourth-order valence-corrected chi connectivity index (χ4v) is 5.23. The first-order valence-corrected chi connectivity index (χ1v) is 14.1. The smallest absolute Gasteiger partial charge is 0.305 e. The highest BCUT2D eigenvalue weighted by Crippen LogP contribution is 2.39. The Morgan fingerprint density at radius 1 is 0.783 bits per heavy atom. The molecule has 2 aromatic rings. The predicted molar refractivity (Wildman–Crippen MR) is 161 cm³/mol. The van der Waals surface area contributed by atoms with E-state index in [4.69, 9.17) is 5.11 Å². The molecule has 0 fully saturated rings. The highest BCUT2D eigenvalue weighted by molar-refractivity contribution is 6.09. The third-order valence-electron chi connectivity index (χ3n) is 7.43. The first kappa shape index (κ1) is 34.8. The number of non-ortho nitro benzene ring substituents is 1. The van der Waals surface area contributed by atoms with Gasteiger partial charge in [-0.2, -0.15) is 0 Å². The quantitative estimate of drug-likeness (QED) is 0.240. The SMILES string of the molecule is CC(=O)C1=C(O)C(=O)N(CCC(=O)O)[C@@H]1c1cccc([N+](=O)[O-])c1.CC(=O)CCN1C(=O)C(O)=C(C(C)=O)[C@H]1c1ccc(C)cc1. The van der Waals surface area contributed by atoms with E-state index in [-0.39, 0.29) is 53.5 Å². The summed E-state index contributed by atoms with van der Waals surface area (Å²) in [6, 6.07) is 11.0. The molecule has 14 heteroatoms. The van der Waals surface area contributed by atoms with E-state index >= 15 is 0 Å². The number of carboxylic acid groups (broad SMARTS) is 1. The largest absolute Gasteiger partial charge is 0.503 e. The van der Waals surface area contributed by atoms with Crippen molar-refractivity contribution in [3.8, 4) is 0 Å². The second-order valence-corrected chi connectivity index (χ2v) is 10.8.